The predicted octanol–water partition coefficient (Wildman–Crippen LogP) is 1.90. The lowest BCUT2D eigenvalue weighted by Crippen LogP contribution is -2.20. The fourth-order valence-electron chi connectivity index (χ4n) is 1.07. The molecule has 1 rings (SSSR count). The molecule has 0 bridgehead atoms. The monoisotopic (exact) mass is 197 g/mol. The van der Waals surface area contributed by atoms with Crippen LogP contribution in [0.15, 0.2) is 4.52 Å². The lowest BCUT2D eigenvalue weighted by molar-refractivity contribution is 0.341. The Kier molecular flexibility index (Phi) is 3.63. The van der Waals surface area contributed by atoms with Gasteiger partial charge in [-0.3, -0.25) is 0 Å². The highest BCUT2D eigenvalue weighted by Crippen LogP contribution is 2.16. The molecule has 1 aromatic heterocycles. The summed E-state index contributed by atoms with van der Waals surface area (Å²) >= 11 is 0. The smallest absolute Gasteiger partial charge is 0.240 e. The first-order valence-electron chi connectivity index (χ1n) is 4.97. The highest BCUT2D eigenvalue weighted by atomic mass is 16.5. The molecule has 0 radical (unpaired) electrons. The maximum atomic E-state index is 4.97. The Bertz CT molecular complexity index is 275. The van der Waals surface area contributed by atoms with Crippen molar-refractivity contribution < 1.29 is 4.52 Å². The van der Waals surface area contributed by atoms with E-state index in [2.05, 4.69) is 36.2 Å². The van der Waals surface area contributed by atoms with E-state index < -0.39 is 0 Å². The fraction of sp³-hybridized carbons (Fsp3) is 0.800. The van der Waals surface area contributed by atoms with Crippen molar-refractivity contribution in [3.63, 3.8) is 0 Å². The minimum atomic E-state index is 0.373. The van der Waals surface area contributed by atoms with Crippen molar-refractivity contribution in [3.05, 3.63) is 11.7 Å². The van der Waals surface area contributed by atoms with Crippen molar-refractivity contribution in [1.82, 2.24) is 15.5 Å². The van der Waals surface area contributed by atoms with E-state index in [1.54, 1.807) is 0 Å². The molecule has 1 aromatic rings. The molecule has 14 heavy (non-hydrogen) atoms. The van der Waals surface area contributed by atoms with Gasteiger partial charge in [-0.2, -0.15) is 4.98 Å². The molecular formula is C10H19N3O. The van der Waals surface area contributed by atoms with Gasteiger partial charge in [-0.15, -0.1) is 0 Å². The molecule has 0 aliphatic rings. The molecule has 0 unspecified atom stereocenters. The molecule has 1 N–H and O–H groups in total. The average molecular weight is 197 g/mol. The van der Waals surface area contributed by atoms with Gasteiger partial charge in [-0.25, -0.2) is 0 Å². The number of hydrogen-bond acceptors (Lipinski definition) is 4. The molecule has 0 saturated heterocycles. The van der Waals surface area contributed by atoms with Crippen molar-refractivity contribution in [2.45, 2.75) is 40.7 Å². The molecule has 4 nitrogen and oxygen atoms in total. The van der Waals surface area contributed by atoms with Crippen molar-refractivity contribution >= 4 is 0 Å². The number of aromatic nitrogens is 2. The van der Waals surface area contributed by atoms with E-state index in [9.17, 15) is 0 Å². The van der Waals surface area contributed by atoms with E-state index >= 15 is 0 Å². The van der Waals surface area contributed by atoms with Crippen LogP contribution < -0.4 is 5.32 Å². The second-order valence-electron chi connectivity index (χ2n) is 4.72. The lowest BCUT2D eigenvalue weighted by atomic mass is 9.92. The molecule has 0 saturated carbocycles. The second-order valence-corrected chi connectivity index (χ2v) is 4.72. The van der Waals surface area contributed by atoms with Crippen molar-refractivity contribution in [1.29, 1.82) is 0 Å². The zero-order valence-corrected chi connectivity index (χ0v) is 9.42. The number of rotatable bonds is 4. The van der Waals surface area contributed by atoms with Gasteiger partial charge in [0.15, 0.2) is 5.82 Å². The summed E-state index contributed by atoms with van der Waals surface area (Å²) < 4.78 is 4.97. The van der Waals surface area contributed by atoms with Gasteiger partial charge in [0.05, 0.1) is 6.54 Å². The summed E-state index contributed by atoms with van der Waals surface area (Å²) in [4.78, 5) is 4.10. The summed E-state index contributed by atoms with van der Waals surface area (Å²) in [7, 11) is 0. The third kappa shape index (κ3) is 4.37. The molecule has 0 spiro atoms. The molecule has 4 heteroatoms. The largest absolute Gasteiger partial charge is 0.338 e. The lowest BCUT2D eigenvalue weighted by Gasteiger charge is -2.17. The van der Waals surface area contributed by atoms with Crippen LogP contribution >= 0.6 is 0 Å². The summed E-state index contributed by atoms with van der Waals surface area (Å²) in [6.07, 6.45) is 1.14. The van der Waals surface area contributed by atoms with Crippen LogP contribution in [0.4, 0.5) is 0 Å². The van der Waals surface area contributed by atoms with E-state index in [-0.39, 0.29) is 0 Å². The average Bonchev–Trinajstić information content (AvgIpc) is 2.44. The molecule has 0 atom stereocenters. The summed E-state index contributed by atoms with van der Waals surface area (Å²) in [5, 5.41) is 6.99. The quantitative estimate of drug-likeness (QED) is 0.749. The maximum Gasteiger partial charge on any atom is 0.240 e. The van der Waals surface area contributed by atoms with E-state index in [0.29, 0.717) is 23.7 Å². The highest BCUT2D eigenvalue weighted by Gasteiger charge is 2.09. The standard InChI is InChI=1S/C10H19N3O/c1-8-12-9(14-13-8)7-11-6-5-10(2,3)4/h11H,5-7H2,1-4H3. The zero-order valence-electron chi connectivity index (χ0n) is 9.42. The van der Waals surface area contributed by atoms with Gasteiger partial charge in [0, 0.05) is 0 Å². The van der Waals surface area contributed by atoms with Crippen LogP contribution in [0.1, 0.15) is 38.9 Å². The number of nitrogens with zero attached hydrogens (tertiary/aromatic N) is 2. The molecule has 80 valence electrons. The van der Waals surface area contributed by atoms with Crippen LogP contribution in [0.25, 0.3) is 0 Å². The van der Waals surface area contributed by atoms with Crippen LogP contribution in [0, 0.1) is 12.3 Å². The first-order valence-corrected chi connectivity index (χ1v) is 4.97. The molecule has 0 fully saturated rings. The van der Waals surface area contributed by atoms with Gasteiger partial charge in [0.1, 0.15) is 0 Å². The first-order chi connectivity index (χ1) is 6.47. The molecule has 1 heterocycles. The van der Waals surface area contributed by atoms with Gasteiger partial charge in [0.2, 0.25) is 5.89 Å². The molecule has 0 aliphatic carbocycles. The normalized spacial score (nSPS) is 12.0. The van der Waals surface area contributed by atoms with Crippen LogP contribution in [0.5, 0.6) is 0 Å². The van der Waals surface area contributed by atoms with Crippen molar-refractivity contribution in [3.8, 4) is 0 Å². The SMILES string of the molecule is Cc1noc(CNCCC(C)(C)C)n1. The Morgan fingerprint density at radius 1 is 1.36 bits per heavy atom. The molecular weight excluding hydrogens is 178 g/mol. The van der Waals surface area contributed by atoms with Crippen LogP contribution in [0.2, 0.25) is 0 Å². The number of nitrogens with one attached hydrogen (secondary N) is 1. The second kappa shape index (κ2) is 4.55. The number of hydrogen-bond donors (Lipinski definition) is 1. The minimum absolute atomic E-state index is 0.373. The van der Waals surface area contributed by atoms with Gasteiger partial charge < -0.3 is 9.84 Å². The Morgan fingerprint density at radius 3 is 2.57 bits per heavy atom. The maximum absolute atomic E-state index is 4.97. The summed E-state index contributed by atoms with van der Waals surface area (Å²) in [6.45, 7) is 10.1. The number of aryl methyl sites for hydroxylation is 1. The third-order valence-corrected chi connectivity index (χ3v) is 1.90. The van der Waals surface area contributed by atoms with Crippen molar-refractivity contribution in [2.24, 2.45) is 5.41 Å². The Morgan fingerprint density at radius 2 is 2.07 bits per heavy atom. The topological polar surface area (TPSA) is 51.0 Å². The molecule has 0 aliphatic heterocycles. The summed E-state index contributed by atoms with van der Waals surface area (Å²) in [6, 6.07) is 0. The Labute approximate surface area is 85.1 Å². The highest BCUT2D eigenvalue weighted by molar-refractivity contribution is 4.81. The molecule has 0 aromatic carbocycles. The van der Waals surface area contributed by atoms with Crippen LogP contribution in [-0.4, -0.2) is 16.7 Å². The van der Waals surface area contributed by atoms with Gasteiger partial charge in [-0.05, 0) is 25.3 Å². The van der Waals surface area contributed by atoms with Gasteiger partial charge in [0.25, 0.3) is 0 Å². The summed E-state index contributed by atoms with van der Waals surface area (Å²) in [5.74, 6) is 1.36. The van der Waals surface area contributed by atoms with Crippen molar-refractivity contribution in [2.75, 3.05) is 6.54 Å². The summed E-state index contributed by atoms with van der Waals surface area (Å²) in [5.41, 5.74) is 0.373. The fourth-order valence-corrected chi connectivity index (χ4v) is 1.07. The van der Waals surface area contributed by atoms with Gasteiger partial charge in [-0.1, -0.05) is 25.9 Å². The Balaban J connectivity index is 2.16. The van der Waals surface area contributed by atoms with E-state index in [1.165, 1.54) is 0 Å². The van der Waals surface area contributed by atoms with Gasteiger partial charge >= 0.3 is 0 Å². The van der Waals surface area contributed by atoms with E-state index in [4.69, 9.17) is 4.52 Å². The zero-order chi connectivity index (χ0) is 10.6. The van der Waals surface area contributed by atoms with E-state index in [1.807, 2.05) is 6.92 Å². The Hall–Kier alpha value is -0.900. The minimum Gasteiger partial charge on any atom is -0.338 e. The predicted molar refractivity (Wildman–Crippen MR) is 54.8 cm³/mol. The van der Waals surface area contributed by atoms with Crippen LogP contribution in [0.3, 0.4) is 0 Å². The van der Waals surface area contributed by atoms with Crippen LogP contribution in [-0.2, 0) is 6.54 Å². The first kappa shape index (κ1) is 11.2. The van der Waals surface area contributed by atoms with E-state index in [0.717, 1.165) is 13.0 Å². The molecule has 0 amide bonds. The third-order valence-electron chi connectivity index (χ3n) is 1.90.